The molecule has 0 heterocycles. The first kappa shape index (κ1) is 12.2. The normalized spacial score (nSPS) is 12.2. The second-order valence-electron chi connectivity index (χ2n) is 2.69. The third-order valence-electron chi connectivity index (χ3n) is 1.44. The van der Waals surface area contributed by atoms with Gasteiger partial charge in [-0.1, -0.05) is 0 Å². The van der Waals surface area contributed by atoms with Crippen molar-refractivity contribution >= 4 is 6.09 Å². The van der Waals surface area contributed by atoms with Gasteiger partial charge in [-0.2, -0.15) is 0 Å². The highest BCUT2D eigenvalue weighted by atomic mass is 16.6. The standard InChI is InChI=1S/C8H17NO4/c1-7(3-5-12-2)9-8(11)13-6-4-10/h7,10H,3-6H2,1-2H3,(H,9,11). The molecule has 78 valence electrons. The summed E-state index contributed by atoms with van der Waals surface area (Å²) in [6.45, 7) is 2.34. The Morgan fingerprint density at radius 3 is 2.77 bits per heavy atom. The number of alkyl carbamates (subject to hydrolysis) is 1. The first-order valence-corrected chi connectivity index (χ1v) is 4.23. The van der Waals surface area contributed by atoms with Crippen molar-refractivity contribution in [2.45, 2.75) is 19.4 Å². The number of carbonyl (C=O) groups excluding carboxylic acids is 1. The van der Waals surface area contributed by atoms with Gasteiger partial charge in [0.15, 0.2) is 0 Å². The number of amides is 1. The monoisotopic (exact) mass is 191 g/mol. The third-order valence-corrected chi connectivity index (χ3v) is 1.44. The summed E-state index contributed by atoms with van der Waals surface area (Å²) in [6.07, 6.45) is 0.239. The van der Waals surface area contributed by atoms with Crippen molar-refractivity contribution < 1.29 is 19.4 Å². The van der Waals surface area contributed by atoms with E-state index in [1.165, 1.54) is 0 Å². The molecular weight excluding hydrogens is 174 g/mol. The van der Waals surface area contributed by atoms with E-state index in [9.17, 15) is 4.79 Å². The van der Waals surface area contributed by atoms with E-state index in [-0.39, 0.29) is 19.3 Å². The maximum Gasteiger partial charge on any atom is 0.407 e. The fourth-order valence-corrected chi connectivity index (χ4v) is 0.748. The van der Waals surface area contributed by atoms with Gasteiger partial charge in [-0.05, 0) is 13.3 Å². The zero-order valence-electron chi connectivity index (χ0n) is 8.08. The lowest BCUT2D eigenvalue weighted by molar-refractivity contribution is 0.114. The van der Waals surface area contributed by atoms with E-state index in [2.05, 4.69) is 10.1 Å². The highest BCUT2D eigenvalue weighted by Crippen LogP contribution is 1.91. The predicted molar refractivity (Wildman–Crippen MR) is 47.5 cm³/mol. The van der Waals surface area contributed by atoms with Gasteiger partial charge >= 0.3 is 6.09 Å². The Morgan fingerprint density at radius 1 is 1.54 bits per heavy atom. The van der Waals surface area contributed by atoms with Crippen molar-refractivity contribution in [1.82, 2.24) is 5.32 Å². The quantitative estimate of drug-likeness (QED) is 0.626. The summed E-state index contributed by atoms with van der Waals surface area (Å²) in [5, 5.41) is 11.0. The number of hydrogen-bond donors (Lipinski definition) is 2. The Kier molecular flexibility index (Phi) is 7.33. The topological polar surface area (TPSA) is 67.8 Å². The van der Waals surface area contributed by atoms with E-state index in [4.69, 9.17) is 9.84 Å². The summed E-state index contributed by atoms with van der Waals surface area (Å²) in [7, 11) is 1.61. The van der Waals surface area contributed by atoms with E-state index in [1.807, 2.05) is 6.92 Å². The Bertz CT molecular complexity index is 140. The summed E-state index contributed by atoms with van der Waals surface area (Å²) >= 11 is 0. The van der Waals surface area contributed by atoms with Crippen LogP contribution in [0, 0.1) is 0 Å². The minimum Gasteiger partial charge on any atom is -0.447 e. The number of nitrogens with one attached hydrogen (secondary N) is 1. The van der Waals surface area contributed by atoms with Crippen molar-refractivity contribution in [3.63, 3.8) is 0 Å². The molecule has 0 spiro atoms. The summed E-state index contributed by atoms with van der Waals surface area (Å²) in [4.78, 5) is 10.9. The van der Waals surface area contributed by atoms with Gasteiger partial charge in [0.2, 0.25) is 0 Å². The molecule has 0 saturated carbocycles. The summed E-state index contributed by atoms with van der Waals surface area (Å²) < 4.78 is 9.44. The Morgan fingerprint density at radius 2 is 2.23 bits per heavy atom. The molecule has 0 bridgehead atoms. The van der Waals surface area contributed by atoms with Crippen molar-refractivity contribution in [2.24, 2.45) is 0 Å². The van der Waals surface area contributed by atoms with E-state index in [0.29, 0.717) is 6.61 Å². The van der Waals surface area contributed by atoms with Crippen LogP contribution >= 0.6 is 0 Å². The van der Waals surface area contributed by atoms with Crippen LogP contribution in [0.25, 0.3) is 0 Å². The molecule has 0 radical (unpaired) electrons. The van der Waals surface area contributed by atoms with Gasteiger partial charge in [0, 0.05) is 19.8 Å². The molecule has 0 aromatic carbocycles. The number of methoxy groups -OCH3 is 1. The van der Waals surface area contributed by atoms with E-state index < -0.39 is 6.09 Å². The van der Waals surface area contributed by atoms with Crippen LogP contribution in [-0.4, -0.2) is 44.2 Å². The first-order valence-electron chi connectivity index (χ1n) is 4.23. The molecular formula is C8H17NO4. The highest BCUT2D eigenvalue weighted by molar-refractivity contribution is 5.67. The van der Waals surface area contributed by atoms with Crippen LogP contribution in [-0.2, 0) is 9.47 Å². The average Bonchev–Trinajstić information content (AvgIpc) is 2.11. The molecule has 0 aromatic heterocycles. The molecule has 5 nitrogen and oxygen atoms in total. The average molecular weight is 191 g/mol. The molecule has 0 fully saturated rings. The maximum atomic E-state index is 10.9. The molecule has 1 unspecified atom stereocenters. The fraction of sp³-hybridized carbons (Fsp3) is 0.875. The molecule has 2 N–H and O–H groups in total. The lowest BCUT2D eigenvalue weighted by atomic mass is 10.2. The molecule has 0 aliphatic heterocycles. The number of aliphatic hydroxyl groups excluding tert-OH is 1. The van der Waals surface area contributed by atoms with Gasteiger partial charge in [0.25, 0.3) is 0 Å². The van der Waals surface area contributed by atoms with E-state index in [1.54, 1.807) is 7.11 Å². The Labute approximate surface area is 78.0 Å². The summed E-state index contributed by atoms with van der Waals surface area (Å²) in [5.41, 5.74) is 0. The molecule has 0 aliphatic rings. The zero-order valence-corrected chi connectivity index (χ0v) is 8.08. The summed E-state index contributed by atoms with van der Waals surface area (Å²) in [5.74, 6) is 0. The van der Waals surface area contributed by atoms with Gasteiger partial charge in [-0.25, -0.2) is 4.79 Å². The lowest BCUT2D eigenvalue weighted by Crippen LogP contribution is -2.34. The second-order valence-corrected chi connectivity index (χ2v) is 2.69. The lowest BCUT2D eigenvalue weighted by Gasteiger charge is -2.12. The maximum absolute atomic E-state index is 10.9. The van der Waals surface area contributed by atoms with Crippen LogP contribution in [0.1, 0.15) is 13.3 Å². The Hall–Kier alpha value is -0.810. The van der Waals surface area contributed by atoms with Gasteiger partial charge in [0.1, 0.15) is 6.61 Å². The van der Waals surface area contributed by atoms with Gasteiger partial charge in [-0.15, -0.1) is 0 Å². The largest absolute Gasteiger partial charge is 0.447 e. The molecule has 0 saturated heterocycles. The molecule has 13 heavy (non-hydrogen) atoms. The molecule has 1 atom stereocenters. The summed E-state index contributed by atoms with van der Waals surface area (Å²) in [6, 6.07) is 0.0196. The van der Waals surface area contributed by atoms with Crippen LogP contribution in [0.15, 0.2) is 0 Å². The minimum absolute atomic E-state index is 0.0196. The van der Waals surface area contributed by atoms with Crippen LogP contribution < -0.4 is 5.32 Å². The van der Waals surface area contributed by atoms with Gasteiger partial charge in [-0.3, -0.25) is 0 Å². The molecule has 0 aromatic rings. The predicted octanol–water partition coefficient (Wildman–Crippen LogP) is 0.130. The van der Waals surface area contributed by atoms with E-state index >= 15 is 0 Å². The molecule has 0 rings (SSSR count). The number of aliphatic hydroxyl groups is 1. The van der Waals surface area contributed by atoms with Crippen molar-refractivity contribution in [3.8, 4) is 0 Å². The smallest absolute Gasteiger partial charge is 0.407 e. The van der Waals surface area contributed by atoms with Crippen molar-refractivity contribution in [2.75, 3.05) is 26.9 Å². The number of rotatable bonds is 6. The first-order chi connectivity index (χ1) is 6.20. The molecule has 5 heteroatoms. The fourth-order valence-electron chi connectivity index (χ4n) is 0.748. The van der Waals surface area contributed by atoms with Crippen molar-refractivity contribution in [3.05, 3.63) is 0 Å². The van der Waals surface area contributed by atoms with E-state index in [0.717, 1.165) is 6.42 Å². The van der Waals surface area contributed by atoms with Gasteiger partial charge in [0.05, 0.1) is 6.61 Å². The number of ether oxygens (including phenoxy) is 2. The molecule has 0 aliphatic carbocycles. The van der Waals surface area contributed by atoms with Crippen LogP contribution in [0.2, 0.25) is 0 Å². The minimum atomic E-state index is -0.502. The third kappa shape index (κ3) is 7.55. The number of hydrogen-bond acceptors (Lipinski definition) is 4. The van der Waals surface area contributed by atoms with Crippen LogP contribution in [0.3, 0.4) is 0 Å². The second kappa shape index (κ2) is 7.82. The van der Waals surface area contributed by atoms with Crippen molar-refractivity contribution in [1.29, 1.82) is 0 Å². The number of carbonyl (C=O) groups is 1. The molecule has 1 amide bonds. The highest BCUT2D eigenvalue weighted by Gasteiger charge is 2.06. The zero-order chi connectivity index (χ0) is 10.1. The SMILES string of the molecule is COCCC(C)NC(=O)OCCO. The van der Waals surface area contributed by atoms with Crippen LogP contribution in [0.5, 0.6) is 0 Å². The Balaban J connectivity index is 3.41. The van der Waals surface area contributed by atoms with Crippen LogP contribution in [0.4, 0.5) is 4.79 Å². The van der Waals surface area contributed by atoms with Gasteiger partial charge < -0.3 is 19.9 Å².